The molecule has 2 atom stereocenters. The predicted molar refractivity (Wildman–Crippen MR) is 73.8 cm³/mol. The van der Waals surface area contributed by atoms with E-state index in [0.29, 0.717) is 18.4 Å². The van der Waals surface area contributed by atoms with Crippen molar-refractivity contribution in [3.63, 3.8) is 0 Å². The molecular weight excluding hydrogens is 244 g/mol. The summed E-state index contributed by atoms with van der Waals surface area (Å²) in [6.45, 7) is 4.12. The molecule has 1 saturated heterocycles. The first-order valence-electron chi connectivity index (χ1n) is 6.85. The third-order valence-electron chi connectivity index (χ3n) is 4.18. The second kappa shape index (κ2) is 5.02. The third-order valence-corrected chi connectivity index (χ3v) is 5.18. The zero-order chi connectivity index (χ0) is 12.5. The number of carbonyl (C=O) groups is 1. The monoisotopic (exact) mass is 264 g/mol. The van der Waals surface area contributed by atoms with Crippen LogP contribution in [0, 0.1) is 0 Å². The number of thiophene rings is 1. The van der Waals surface area contributed by atoms with Gasteiger partial charge in [0.1, 0.15) is 0 Å². The van der Waals surface area contributed by atoms with E-state index in [1.807, 2.05) is 11.3 Å². The molecule has 18 heavy (non-hydrogen) atoms. The van der Waals surface area contributed by atoms with E-state index in [1.165, 1.54) is 16.9 Å². The molecule has 0 radical (unpaired) electrons. The molecule has 0 saturated carbocycles. The van der Waals surface area contributed by atoms with Crippen molar-refractivity contribution in [2.75, 3.05) is 13.1 Å². The number of nitrogens with one attached hydrogen (secondary N) is 1. The molecule has 3 rings (SSSR count). The maximum absolute atomic E-state index is 12.4. The minimum absolute atomic E-state index is 0.258. The molecule has 0 spiro atoms. The van der Waals surface area contributed by atoms with Crippen LogP contribution in [0.2, 0.25) is 0 Å². The van der Waals surface area contributed by atoms with Crippen molar-refractivity contribution in [1.82, 2.24) is 10.2 Å². The van der Waals surface area contributed by atoms with E-state index in [-0.39, 0.29) is 6.04 Å². The van der Waals surface area contributed by atoms with Crippen LogP contribution >= 0.6 is 11.3 Å². The van der Waals surface area contributed by atoms with Gasteiger partial charge < -0.3 is 10.2 Å². The first-order chi connectivity index (χ1) is 8.75. The highest BCUT2D eigenvalue weighted by molar-refractivity contribution is 7.10. The first-order valence-corrected chi connectivity index (χ1v) is 7.73. The average molecular weight is 264 g/mol. The van der Waals surface area contributed by atoms with E-state index in [4.69, 9.17) is 0 Å². The van der Waals surface area contributed by atoms with Crippen molar-refractivity contribution < 1.29 is 4.79 Å². The molecule has 3 nitrogen and oxygen atoms in total. The molecule has 1 aromatic heterocycles. The molecule has 0 bridgehead atoms. The normalized spacial score (nSPS) is 27.3. The van der Waals surface area contributed by atoms with Crippen molar-refractivity contribution in [2.24, 2.45) is 0 Å². The van der Waals surface area contributed by atoms with E-state index in [0.717, 1.165) is 25.9 Å². The molecule has 0 aromatic carbocycles. The number of fused-ring (bicyclic) bond motifs is 1. The van der Waals surface area contributed by atoms with Crippen LogP contribution in [0.3, 0.4) is 0 Å². The fraction of sp³-hybridized carbons (Fsp3) is 0.643. The highest BCUT2D eigenvalue weighted by Crippen LogP contribution is 2.33. The van der Waals surface area contributed by atoms with Crippen LogP contribution in [0.4, 0.5) is 0 Å². The van der Waals surface area contributed by atoms with Crippen molar-refractivity contribution in [3.8, 4) is 0 Å². The Morgan fingerprint density at radius 2 is 2.50 bits per heavy atom. The average Bonchev–Trinajstić information content (AvgIpc) is 2.99. The van der Waals surface area contributed by atoms with E-state index in [2.05, 4.69) is 28.6 Å². The van der Waals surface area contributed by atoms with Gasteiger partial charge >= 0.3 is 0 Å². The lowest BCUT2D eigenvalue weighted by molar-refractivity contribution is -0.134. The summed E-state index contributed by atoms with van der Waals surface area (Å²) < 4.78 is 0. The van der Waals surface area contributed by atoms with Crippen LogP contribution in [0.1, 0.15) is 42.7 Å². The van der Waals surface area contributed by atoms with Gasteiger partial charge in [0, 0.05) is 23.9 Å². The number of amides is 1. The van der Waals surface area contributed by atoms with Gasteiger partial charge in [0.25, 0.3) is 0 Å². The quantitative estimate of drug-likeness (QED) is 0.889. The minimum atomic E-state index is 0.258. The molecule has 2 unspecified atom stereocenters. The second-order valence-electron chi connectivity index (χ2n) is 5.31. The molecule has 1 aromatic rings. The zero-order valence-electron chi connectivity index (χ0n) is 10.8. The Hall–Kier alpha value is -0.870. The van der Waals surface area contributed by atoms with Gasteiger partial charge in [-0.15, -0.1) is 11.3 Å². The van der Waals surface area contributed by atoms with Crippen molar-refractivity contribution in [2.45, 2.75) is 44.7 Å². The van der Waals surface area contributed by atoms with Crippen molar-refractivity contribution in [3.05, 3.63) is 21.9 Å². The summed E-state index contributed by atoms with van der Waals surface area (Å²) in [7, 11) is 0. The lowest BCUT2D eigenvalue weighted by atomic mass is 10.0. The highest BCUT2D eigenvalue weighted by atomic mass is 32.1. The van der Waals surface area contributed by atoms with E-state index >= 15 is 0 Å². The second-order valence-corrected chi connectivity index (χ2v) is 6.31. The molecule has 0 aliphatic carbocycles. The molecule has 3 heterocycles. The van der Waals surface area contributed by atoms with E-state index < -0.39 is 0 Å². The maximum Gasteiger partial charge on any atom is 0.224 e. The highest BCUT2D eigenvalue weighted by Gasteiger charge is 2.29. The number of carbonyl (C=O) groups excluding carboxylic acids is 1. The van der Waals surface area contributed by atoms with Crippen LogP contribution in [-0.2, 0) is 11.2 Å². The van der Waals surface area contributed by atoms with Gasteiger partial charge in [-0.1, -0.05) is 0 Å². The summed E-state index contributed by atoms with van der Waals surface area (Å²) >= 11 is 1.83. The summed E-state index contributed by atoms with van der Waals surface area (Å²) in [5, 5.41) is 5.56. The van der Waals surface area contributed by atoms with Crippen LogP contribution in [0.5, 0.6) is 0 Å². The maximum atomic E-state index is 12.4. The Bertz CT molecular complexity index is 437. The Balaban J connectivity index is 1.68. The lowest BCUT2D eigenvalue weighted by Crippen LogP contribution is -2.40. The van der Waals surface area contributed by atoms with Gasteiger partial charge in [-0.3, -0.25) is 4.79 Å². The largest absolute Gasteiger partial charge is 0.335 e. The molecule has 1 fully saturated rings. The Morgan fingerprint density at radius 1 is 1.61 bits per heavy atom. The molecule has 4 heteroatoms. The number of hydrogen-bond donors (Lipinski definition) is 1. The number of hydrogen-bond acceptors (Lipinski definition) is 3. The summed E-state index contributed by atoms with van der Waals surface area (Å²) in [6, 6.07) is 2.85. The summed E-state index contributed by atoms with van der Waals surface area (Å²) in [6.07, 6.45) is 4.06. The fourth-order valence-corrected chi connectivity index (χ4v) is 4.07. The zero-order valence-corrected chi connectivity index (χ0v) is 11.6. The topological polar surface area (TPSA) is 32.3 Å². The number of nitrogens with zero attached hydrogens (tertiary/aromatic N) is 1. The minimum Gasteiger partial charge on any atom is -0.335 e. The Kier molecular flexibility index (Phi) is 3.39. The van der Waals surface area contributed by atoms with Crippen LogP contribution in [-0.4, -0.2) is 29.9 Å². The molecule has 2 aliphatic heterocycles. The van der Waals surface area contributed by atoms with Crippen LogP contribution < -0.4 is 5.32 Å². The molecule has 1 amide bonds. The molecular formula is C14H20N2OS. The van der Waals surface area contributed by atoms with E-state index in [9.17, 15) is 4.79 Å². The Labute approximate surface area is 112 Å². The summed E-state index contributed by atoms with van der Waals surface area (Å²) in [5.41, 5.74) is 1.36. The van der Waals surface area contributed by atoms with Gasteiger partial charge in [-0.25, -0.2) is 0 Å². The third kappa shape index (κ3) is 2.19. The van der Waals surface area contributed by atoms with Crippen LogP contribution in [0.25, 0.3) is 0 Å². The Morgan fingerprint density at radius 3 is 3.28 bits per heavy atom. The lowest BCUT2D eigenvalue weighted by Gasteiger charge is -2.34. The van der Waals surface area contributed by atoms with Gasteiger partial charge in [0.05, 0.1) is 6.04 Å². The van der Waals surface area contributed by atoms with Gasteiger partial charge in [0.15, 0.2) is 0 Å². The van der Waals surface area contributed by atoms with Gasteiger partial charge in [-0.2, -0.15) is 0 Å². The van der Waals surface area contributed by atoms with Gasteiger partial charge in [-0.05, 0) is 49.7 Å². The summed E-state index contributed by atoms with van der Waals surface area (Å²) in [5.74, 6) is 0.318. The number of rotatable bonds is 2. The van der Waals surface area contributed by atoms with Crippen LogP contribution in [0.15, 0.2) is 11.4 Å². The van der Waals surface area contributed by atoms with Crippen molar-refractivity contribution >= 4 is 17.2 Å². The first kappa shape index (κ1) is 12.2. The molecule has 98 valence electrons. The van der Waals surface area contributed by atoms with Gasteiger partial charge in [0.2, 0.25) is 5.91 Å². The fourth-order valence-electron chi connectivity index (χ4n) is 3.11. The SMILES string of the molecule is CC1c2ccsc2CCN1C(=O)CC1CCCN1. The molecule has 1 N–H and O–H groups in total. The van der Waals surface area contributed by atoms with Crippen molar-refractivity contribution in [1.29, 1.82) is 0 Å². The standard InChI is InChI=1S/C14H20N2OS/c1-10-12-5-8-18-13(12)4-7-16(10)14(17)9-11-3-2-6-15-11/h5,8,10-11,15H,2-4,6-7,9H2,1H3. The summed E-state index contributed by atoms with van der Waals surface area (Å²) in [4.78, 5) is 15.9. The van der Waals surface area contributed by atoms with E-state index in [1.54, 1.807) is 0 Å². The molecule has 2 aliphatic rings. The predicted octanol–water partition coefficient (Wildman–Crippen LogP) is 2.34. The smallest absolute Gasteiger partial charge is 0.224 e.